The SMILES string of the molecule is CC(C)(C)OC(=O)N[C@H]1CCCN(CC(=O)c2nccs2)C1. The van der Waals surface area contributed by atoms with Crippen molar-refractivity contribution in [2.45, 2.75) is 45.3 Å². The molecule has 6 nitrogen and oxygen atoms in total. The Balaban J connectivity index is 1.81. The number of alkyl carbamates (subject to hydrolysis) is 1. The van der Waals surface area contributed by atoms with Crippen LogP contribution in [-0.4, -0.2) is 53.0 Å². The first-order valence-corrected chi connectivity index (χ1v) is 8.36. The smallest absolute Gasteiger partial charge is 0.407 e. The van der Waals surface area contributed by atoms with Crippen molar-refractivity contribution in [1.29, 1.82) is 0 Å². The van der Waals surface area contributed by atoms with Gasteiger partial charge in [0.25, 0.3) is 0 Å². The van der Waals surface area contributed by atoms with Crippen molar-refractivity contribution in [3.8, 4) is 0 Å². The third-order valence-corrected chi connectivity index (χ3v) is 4.08. The van der Waals surface area contributed by atoms with Gasteiger partial charge in [0.15, 0.2) is 5.01 Å². The van der Waals surface area contributed by atoms with E-state index in [1.54, 1.807) is 11.6 Å². The van der Waals surface area contributed by atoms with E-state index < -0.39 is 11.7 Å². The number of hydrogen-bond donors (Lipinski definition) is 1. The van der Waals surface area contributed by atoms with Gasteiger partial charge in [0.1, 0.15) is 5.60 Å². The summed E-state index contributed by atoms with van der Waals surface area (Å²) in [4.78, 5) is 30.0. The lowest BCUT2D eigenvalue weighted by molar-refractivity contribution is 0.0473. The number of nitrogens with one attached hydrogen (secondary N) is 1. The van der Waals surface area contributed by atoms with Gasteiger partial charge in [-0.05, 0) is 40.2 Å². The highest BCUT2D eigenvalue weighted by atomic mass is 32.1. The molecule has 1 fully saturated rings. The van der Waals surface area contributed by atoms with Gasteiger partial charge in [-0.25, -0.2) is 9.78 Å². The van der Waals surface area contributed by atoms with Crippen LogP contribution < -0.4 is 5.32 Å². The lowest BCUT2D eigenvalue weighted by atomic mass is 10.1. The number of amides is 1. The number of piperidine rings is 1. The summed E-state index contributed by atoms with van der Waals surface area (Å²) in [5.41, 5.74) is -0.501. The van der Waals surface area contributed by atoms with Gasteiger partial charge in [-0.2, -0.15) is 0 Å². The highest BCUT2D eigenvalue weighted by molar-refractivity contribution is 7.11. The maximum absolute atomic E-state index is 12.1. The molecule has 0 aliphatic carbocycles. The average molecular weight is 325 g/mol. The molecular formula is C15H23N3O3S. The van der Waals surface area contributed by atoms with Crippen LogP contribution in [0, 0.1) is 0 Å². The number of ketones is 1. The first-order chi connectivity index (χ1) is 10.3. The topological polar surface area (TPSA) is 71.5 Å². The second-order valence-electron chi connectivity index (χ2n) is 6.48. The predicted octanol–water partition coefficient (Wildman–Crippen LogP) is 2.31. The number of ether oxygens (including phenoxy) is 1. The van der Waals surface area contributed by atoms with E-state index in [0.717, 1.165) is 19.4 Å². The third kappa shape index (κ3) is 5.38. The number of rotatable bonds is 4. The second kappa shape index (κ2) is 7.19. The summed E-state index contributed by atoms with van der Waals surface area (Å²) in [6.07, 6.45) is 3.10. The molecule has 1 aliphatic rings. The lowest BCUT2D eigenvalue weighted by Gasteiger charge is -2.32. The van der Waals surface area contributed by atoms with Crippen LogP contribution in [0.5, 0.6) is 0 Å². The molecule has 0 bridgehead atoms. The van der Waals surface area contributed by atoms with Crippen molar-refractivity contribution in [1.82, 2.24) is 15.2 Å². The van der Waals surface area contributed by atoms with E-state index in [1.807, 2.05) is 20.8 Å². The third-order valence-electron chi connectivity index (χ3n) is 3.26. The number of Topliss-reactive ketones (excluding diaryl/α,β-unsaturated/α-hetero) is 1. The Hall–Kier alpha value is -1.47. The van der Waals surface area contributed by atoms with Gasteiger partial charge in [0, 0.05) is 24.2 Å². The quantitative estimate of drug-likeness (QED) is 0.860. The van der Waals surface area contributed by atoms with Crippen LogP contribution in [-0.2, 0) is 4.74 Å². The number of hydrogen-bond acceptors (Lipinski definition) is 6. The van der Waals surface area contributed by atoms with Crippen molar-refractivity contribution >= 4 is 23.2 Å². The van der Waals surface area contributed by atoms with E-state index in [-0.39, 0.29) is 11.8 Å². The number of thiazole rings is 1. The Bertz CT molecular complexity index is 511. The van der Waals surface area contributed by atoms with Crippen LogP contribution in [0.2, 0.25) is 0 Å². The standard InChI is InChI=1S/C15H23N3O3S/c1-15(2,3)21-14(20)17-11-5-4-7-18(9-11)10-12(19)13-16-6-8-22-13/h6,8,11H,4-5,7,9-10H2,1-3H3,(H,17,20)/t11-/m0/s1. The molecule has 22 heavy (non-hydrogen) atoms. The zero-order valence-corrected chi connectivity index (χ0v) is 14.1. The summed E-state index contributed by atoms with van der Waals surface area (Å²) in [5.74, 6) is 0.0351. The Labute approximate surface area is 134 Å². The van der Waals surface area contributed by atoms with Crippen LogP contribution in [0.25, 0.3) is 0 Å². The van der Waals surface area contributed by atoms with Crippen LogP contribution in [0.3, 0.4) is 0 Å². The predicted molar refractivity (Wildman–Crippen MR) is 85.3 cm³/mol. The van der Waals surface area contributed by atoms with Crippen LogP contribution in [0.4, 0.5) is 4.79 Å². The molecule has 1 aliphatic heterocycles. The Morgan fingerprint density at radius 1 is 1.50 bits per heavy atom. The Kier molecular flexibility index (Phi) is 5.52. The normalized spacial score (nSPS) is 19.7. The van der Waals surface area contributed by atoms with Crippen molar-refractivity contribution in [2.24, 2.45) is 0 Å². The summed E-state index contributed by atoms with van der Waals surface area (Å²) in [5, 5.41) is 5.23. The molecule has 1 aromatic rings. The summed E-state index contributed by atoms with van der Waals surface area (Å²) in [6, 6.07) is 0.0210. The average Bonchev–Trinajstić information content (AvgIpc) is 2.90. The monoisotopic (exact) mass is 325 g/mol. The summed E-state index contributed by atoms with van der Waals surface area (Å²) in [6.45, 7) is 7.39. The van der Waals surface area contributed by atoms with Gasteiger partial charge in [0.2, 0.25) is 5.78 Å². The Morgan fingerprint density at radius 2 is 2.27 bits per heavy atom. The highest BCUT2D eigenvalue weighted by Gasteiger charge is 2.25. The molecule has 1 N–H and O–H groups in total. The minimum atomic E-state index is -0.501. The molecule has 0 aromatic carbocycles. The second-order valence-corrected chi connectivity index (χ2v) is 7.38. The summed E-state index contributed by atoms with van der Waals surface area (Å²) < 4.78 is 5.27. The fraction of sp³-hybridized carbons (Fsp3) is 0.667. The van der Waals surface area contributed by atoms with Gasteiger partial charge in [-0.3, -0.25) is 9.69 Å². The maximum atomic E-state index is 12.1. The number of likely N-dealkylation sites (tertiary alicyclic amines) is 1. The first kappa shape index (κ1) is 16.9. The van der Waals surface area contributed by atoms with Crippen LogP contribution in [0.1, 0.15) is 43.4 Å². The van der Waals surface area contributed by atoms with E-state index in [9.17, 15) is 9.59 Å². The number of nitrogens with zero attached hydrogens (tertiary/aromatic N) is 2. The lowest BCUT2D eigenvalue weighted by Crippen LogP contribution is -2.49. The summed E-state index contributed by atoms with van der Waals surface area (Å²) >= 11 is 1.36. The van der Waals surface area contributed by atoms with E-state index in [4.69, 9.17) is 4.74 Å². The first-order valence-electron chi connectivity index (χ1n) is 7.48. The van der Waals surface area contributed by atoms with Crippen molar-refractivity contribution in [3.63, 3.8) is 0 Å². The van der Waals surface area contributed by atoms with Gasteiger partial charge >= 0.3 is 6.09 Å². The fourth-order valence-corrected chi connectivity index (χ4v) is 2.99. The molecule has 1 saturated heterocycles. The van der Waals surface area contributed by atoms with E-state index in [1.165, 1.54) is 11.3 Å². The van der Waals surface area contributed by atoms with Crippen molar-refractivity contribution < 1.29 is 14.3 Å². The fourth-order valence-electron chi connectivity index (χ4n) is 2.42. The van der Waals surface area contributed by atoms with Gasteiger partial charge < -0.3 is 10.1 Å². The molecule has 2 heterocycles. The molecule has 0 unspecified atom stereocenters. The van der Waals surface area contributed by atoms with Crippen molar-refractivity contribution in [3.05, 3.63) is 16.6 Å². The summed E-state index contributed by atoms with van der Waals surface area (Å²) in [7, 11) is 0. The molecule has 1 amide bonds. The van der Waals surface area contributed by atoms with Crippen LogP contribution in [0.15, 0.2) is 11.6 Å². The minimum absolute atomic E-state index is 0.0210. The number of carbonyl (C=O) groups is 2. The molecule has 0 radical (unpaired) electrons. The number of carbonyl (C=O) groups excluding carboxylic acids is 2. The zero-order chi connectivity index (χ0) is 16.2. The van der Waals surface area contributed by atoms with E-state index >= 15 is 0 Å². The zero-order valence-electron chi connectivity index (χ0n) is 13.3. The Morgan fingerprint density at radius 3 is 2.91 bits per heavy atom. The molecule has 1 atom stereocenters. The molecule has 2 rings (SSSR count). The van der Waals surface area contributed by atoms with Gasteiger partial charge in [-0.15, -0.1) is 11.3 Å². The molecule has 1 aromatic heterocycles. The van der Waals surface area contributed by atoms with E-state index in [2.05, 4.69) is 15.2 Å². The molecule has 122 valence electrons. The highest BCUT2D eigenvalue weighted by Crippen LogP contribution is 2.14. The van der Waals surface area contributed by atoms with Gasteiger partial charge in [0.05, 0.1) is 6.54 Å². The molecule has 0 spiro atoms. The minimum Gasteiger partial charge on any atom is -0.444 e. The van der Waals surface area contributed by atoms with Gasteiger partial charge in [-0.1, -0.05) is 0 Å². The molecule has 7 heteroatoms. The molecular weight excluding hydrogens is 302 g/mol. The van der Waals surface area contributed by atoms with E-state index in [0.29, 0.717) is 18.1 Å². The largest absolute Gasteiger partial charge is 0.444 e. The maximum Gasteiger partial charge on any atom is 0.407 e. The molecule has 0 saturated carbocycles. The number of aromatic nitrogens is 1. The van der Waals surface area contributed by atoms with Crippen LogP contribution >= 0.6 is 11.3 Å². The van der Waals surface area contributed by atoms with Crippen molar-refractivity contribution in [2.75, 3.05) is 19.6 Å².